The van der Waals surface area contributed by atoms with E-state index in [1.54, 1.807) is 13.0 Å². The molecule has 146 valence electrons. The van der Waals surface area contributed by atoms with Gasteiger partial charge in [-0.15, -0.1) is 0 Å². The molecule has 2 rings (SSSR count). The maximum atomic E-state index is 12.2. The Bertz CT molecular complexity index is 837. The van der Waals surface area contributed by atoms with E-state index >= 15 is 0 Å². The Kier molecular flexibility index (Phi) is 7.17. The minimum Gasteiger partial charge on any atom is -0.490 e. The number of nitro groups is 1. The van der Waals surface area contributed by atoms with Crippen molar-refractivity contribution in [1.82, 2.24) is 15.1 Å². The Morgan fingerprint density at radius 3 is 2.56 bits per heavy atom. The summed E-state index contributed by atoms with van der Waals surface area (Å²) in [5, 5.41) is 17.5. The summed E-state index contributed by atoms with van der Waals surface area (Å²) in [4.78, 5) is 22.5. The summed E-state index contributed by atoms with van der Waals surface area (Å²) in [5.74, 6) is 0.648. The third-order valence-electron chi connectivity index (χ3n) is 3.68. The van der Waals surface area contributed by atoms with Gasteiger partial charge in [-0.1, -0.05) is 6.07 Å². The van der Waals surface area contributed by atoms with Gasteiger partial charge in [0.15, 0.2) is 11.5 Å². The molecule has 0 saturated heterocycles. The number of nitrogens with one attached hydrogen (secondary N) is 1. The molecule has 0 bridgehead atoms. The fraction of sp³-hybridized carbons (Fsp3) is 0.412. The highest BCUT2D eigenvalue weighted by molar-refractivity contribution is 9.10. The predicted molar refractivity (Wildman–Crippen MR) is 102 cm³/mol. The summed E-state index contributed by atoms with van der Waals surface area (Å²) in [6, 6.07) is 5.46. The zero-order valence-electron chi connectivity index (χ0n) is 15.3. The lowest BCUT2D eigenvalue weighted by atomic mass is 10.2. The first-order valence-corrected chi connectivity index (χ1v) is 9.19. The molecular formula is C17H21BrN4O5. The monoisotopic (exact) mass is 440 g/mol. The van der Waals surface area contributed by atoms with Crippen molar-refractivity contribution in [3.63, 3.8) is 0 Å². The Labute approximate surface area is 164 Å². The van der Waals surface area contributed by atoms with E-state index in [-0.39, 0.29) is 29.3 Å². The van der Waals surface area contributed by atoms with Crippen molar-refractivity contribution in [2.24, 2.45) is 0 Å². The highest BCUT2D eigenvalue weighted by Crippen LogP contribution is 2.29. The van der Waals surface area contributed by atoms with Crippen LogP contribution >= 0.6 is 15.9 Å². The van der Waals surface area contributed by atoms with Gasteiger partial charge in [-0.3, -0.25) is 4.79 Å². The summed E-state index contributed by atoms with van der Waals surface area (Å²) in [7, 11) is 0. The van der Waals surface area contributed by atoms with Gasteiger partial charge < -0.3 is 24.9 Å². The van der Waals surface area contributed by atoms with Crippen LogP contribution in [-0.4, -0.2) is 33.8 Å². The van der Waals surface area contributed by atoms with E-state index in [0.717, 1.165) is 5.56 Å². The van der Waals surface area contributed by atoms with Crippen LogP contribution in [0.5, 0.6) is 11.5 Å². The fourth-order valence-corrected chi connectivity index (χ4v) is 2.81. The smallest absolute Gasteiger partial charge is 0.404 e. The standard InChI is InChI=1S/C17H21BrN4O5/c1-4-26-13-7-6-12(8-14(13)27-5-2)9-19-15(23)10-21-11(3)16(18)17(20-21)22(24)25/h6-8H,4-5,9-10H2,1-3H3,(H,19,23). The molecule has 2 aromatic rings. The number of rotatable bonds is 9. The van der Waals surface area contributed by atoms with Crippen LogP contribution in [0, 0.1) is 17.0 Å². The number of carbonyl (C=O) groups is 1. The summed E-state index contributed by atoms with van der Waals surface area (Å²) in [6.45, 7) is 6.63. The topological polar surface area (TPSA) is 109 Å². The first-order chi connectivity index (χ1) is 12.9. The van der Waals surface area contributed by atoms with Gasteiger partial charge in [0.25, 0.3) is 0 Å². The average Bonchev–Trinajstić information content (AvgIpc) is 2.91. The molecule has 0 spiro atoms. The quantitative estimate of drug-likeness (QED) is 0.474. The molecule has 1 heterocycles. The Hall–Kier alpha value is -2.62. The van der Waals surface area contributed by atoms with Crippen LogP contribution in [0.4, 0.5) is 5.82 Å². The minimum absolute atomic E-state index is 0.117. The normalized spacial score (nSPS) is 10.5. The van der Waals surface area contributed by atoms with Crippen LogP contribution in [0.2, 0.25) is 0 Å². The van der Waals surface area contributed by atoms with Crippen LogP contribution in [0.1, 0.15) is 25.1 Å². The number of hydrogen-bond acceptors (Lipinski definition) is 6. The first-order valence-electron chi connectivity index (χ1n) is 8.39. The summed E-state index contributed by atoms with van der Waals surface area (Å²) in [6.07, 6.45) is 0. The van der Waals surface area contributed by atoms with Crippen molar-refractivity contribution in [3.8, 4) is 11.5 Å². The van der Waals surface area contributed by atoms with Crippen molar-refractivity contribution >= 4 is 27.7 Å². The number of halogens is 1. The third-order valence-corrected chi connectivity index (χ3v) is 4.61. The van der Waals surface area contributed by atoms with Crippen LogP contribution in [-0.2, 0) is 17.9 Å². The molecule has 0 aliphatic carbocycles. The van der Waals surface area contributed by atoms with E-state index in [4.69, 9.17) is 9.47 Å². The predicted octanol–water partition coefficient (Wildman–Crippen LogP) is 2.98. The number of carbonyl (C=O) groups excluding carboxylic acids is 1. The van der Waals surface area contributed by atoms with Gasteiger partial charge in [0.2, 0.25) is 5.91 Å². The number of benzene rings is 1. The largest absolute Gasteiger partial charge is 0.490 e. The SMILES string of the molecule is CCOc1ccc(CNC(=O)Cn2nc([N+](=O)[O-])c(Br)c2C)cc1OCC. The van der Waals surface area contributed by atoms with Crippen LogP contribution in [0.25, 0.3) is 0 Å². The first kappa shape index (κ1) is 20.7. The summed E-state index contributed by atoms with van der Waals surface area (Å²) < 4.78 is 12.6. The van der Waals surface area contributed by atoms with Gasteiger partial charge in [-0.05, 0) is 59.3 Å². The van der Waals surface area contributed by atoms with Crippen molar-refractivity contribution in [2.75, 3.05) is 13.2 Å². The molecule has 1 N–H and O–H groups in total. The van der Waals surface area contributed by atoms with Gasteiger partial charge in [0.05, 0.1) is 24.0 Å². The molecule has 0 atom stereocenters. The molecule has 0 radical (unpaired) electrons. The molecule has 0 aliphatic rings. The van der Waals surface area contributed by atoms with Crippen molar-refractivity contribution in [1.29, 1.82) is 0 Å². The lowest BCUT2D eigenvalue weighted by Crippen LogP contribution is -2.28. The zero-order valence-corrected chi connectivity index (χ0v) is 16.9. The Morgan fingerprint density at radius 2 is 1.96 bits per heavy atom. The molecule has 0 saturated carbocycles. The molecule has 0 fully saturated rings. The third kappa shape index (κ3) is 5.19. The van der Waals surface area contributed by atoms with Crippen LogP contribution < -0.4 is 14.8 Å². The molecule has 10 heteroatoms. The highest BCUT2D eigenvalue weighted by atomic mass is 79.9. The van der Waals surface area contributed by atoms with E-state index in [1.165, 1.54) is 4.68 Å². The Morgan fingerprint density at radius 1 is 1.30 bits per heavy atom. The van der Waals surface area contributed by atoms with E-state index in [0.29, 0.717) is 30.4 Å². The molecule has 1 aromatic carbocycles. The molecule has 9 nitrogen and oxygen atoms in total. The van der Waals surface area contributed by atoms with Gasteiger partial charge in [-0.25, -0.2) is 0 Å². The number of amides is 1. The second-order valence-corrected chi connectivity index (χ2v) is 6.35. The Balaban J connectivity index is 2.02. The van der Waals surface area contributed by atoms with E-state index in [9.17, 15) is 14.9 Å². The van der Waals surface area contributed by atoms with Crippen molar-refractivity contribution < 1.29 is 19.2 Å². The van der Waals surface area contributed by atoms with Crippen LogP contribution in [0.3, 0.4) is 0 Å². The maximum Gasteiger partial charge on any atom is 0.404 e. The zero-order chi connectivity index (χ0) is 20.0. The van der Waals surface area contributed by atoms with Crippen LogP contribution in [0.15, 0.2) is 22.7 Å². The maximum absolute atomic E-state index is 12.2. The van der Waals surface area contributed by atoms with Gasteiger partial charge in [0, 0.05) is 6.54 Å². The van der Waals surface area contributed by atoms with Gasteiger partial charge in [0.1, 0.15) is 11.0 Å². The number of ether oxygens (including phenoxy) is 2. The van der Waals surface area contributed by atoms with E-state index < -0.39 is 4.92 Å². The lowest BCUT2D eigenvalue weighted by molar-refractivity contribution is -0.390. The van der Waals surface area contributed by atoms with E-state index in [2.05, 4.69) is 26.3 Å². The molecule has 1 amide bonds. The second-order valence-electron chi connectivity index (χ2n) is 5.56. The van der Waals surface area contributed by atoms with Gasteiger partial charge in [-0.2, -0.15) is 4.68 Å². The molecular weight excluding hydrogens is 420 g/mol. The minimum atomic E-state index is -0.597. The summed E-state index contributed by atoms with van der Waals surface area (Å²) in [5.41, 5.74) is 1.36. The number of hydrogen-bond donors (Lipinski definition) is 1. The van der Waals surface area contributed by atoms with Crippen molar-refractivity contribution in [3.05, 3.63) is 44.0 Å². The second kappa shape index (κ2) is 9.36. The molecule has 0 aliphatic heterocycles. The fourth-order valence-electron chi connectivity index (χ4n) is 2.38. The highest BCUT2D eigenvalue weighted by Gasteiger charge is 2.24. The molecule has 0 unspecified atom stereocenters. The molecule has 27 heavy (non-hydrogen) atoms. The van der Waals surface area contributed by atoms with Crippen molar-refractivity contribution in [2.45, 2.75) is 33.9 Å². The van der Waals surface area contributed by atoms with Gasteiger partial charge >= 0.3 is 5.82 Å². The molecule has 1 aromatic heterocycles. The van der Waals surface area contributed by atoms with E-state index in [1.807, 2.05) is 26.0 Å². The number of aromatic nitrogens is 2. The summed E-state index contributed by atoms with van der Waals surface area (Å²) >= 11 is 3.13. The number of nitrogens with zero attached hydrogens (tertiary/aromatic N) is 3. The average molecular weight is 441 g/mol. The lowest BCUT2D eigenvalue weighted by Gasteiger charge is -2.12.